The number of methoxy groups -OCH3 is 2. The van der Waals surface area contributed by atoms with Crippen LogP contribution in [-0.4, -0.2) is 70.4 Å². The van der Waals surface area contributed by atoms with Crippen LogP contribution in [0.2, 0.25) is 0 Å². The van der Waals surface area contributed by atoms with Gasteiger partial charge >= 0.3 is 0 Å². The molecule has 2 radical (unpaired) electrons. The van der Waals surface area contributed by atoms with Crippen molar-refractivity contribution in [3.63, 3.8) is 0 Å². The summed E-state index contributed by atoms with van der Waals surface area (Å²) in [6.07, 6.45) is -0.00699. The summed E-state index contributed by atoms with van der Waals surface area (Å²) in [5, 5.41) is 0. The highest BCUT2D eigenvalue weighted by atomic mass is 16.6. The third-order valence-corrected chi connectivity index (χ3v) is 3.90. The minimum atomic E-state index is -0.414. The van der Waals surface area contributed by atoms with Crippen LogP contribution in [0.15, 0.2) is 0 Å². The molecule has 4 nitrogen and oxygen atoms in total. The van der Waals surface area contributed by atoms with E-state index in [1.165, 1.54) is 0 Å². The molecule has 0 saturated carbocycles. The molecule has 84 valence electrons. The second-order valence-electron chi connectivity index (χ2n) is 4.46. The van der Waals surface area contributed by atoms with Gasteiger partial charge in [-0.1, -0.05) is 0 Å². The predicted octanol–water partition coefficient (Wildman–Crippen LogP) is -0.386. The smallest absolute Gasteiger partial charge is 0.133 e. The van der Waals surface area contributed by atoms with Crippen molar-refractivity contribution in [3.05, 3.63) is 0 Å². The molecule has 2 aliphatic rings. The number of rotatable bonds is 3. The lowest BCUT2D eigenvalue weighted by molar-refractivity contribution is -0.141. The van der Waals surface area contributed by atoms with Crippen molar-refractivity contribution in [2.45, 2.75) is 36.7 Å². The SMILES string of the molecule is [B][C@@H]1O[C@]2(COC)C(OC)[C@@H]1N(C)C2C. The molecule has 2 fully saturated rings. The second kappa shape index (κ2) is 3.73. The topological polar surface area (TPSA) is 30.9 Å². The monoisotopic (exact) mass is 211 g/mol. The summed E-state index contributed by atoms with van der Waals surface area (Å²) in [4.78, 5) is 2.22. The van der Waals surface area contributed by atoms with Crippen molar-refractivity contribution >= 4 is 7.85 Å². The molecule has 15 heavy (non-hydrogen) atoms. The summed E-state index contributed by atoms with van der Waals surface area (Å²) in [7, 11) is 11.4. The third-order valence-electron chi connectivity index (χ3n) is 3.90. The van der Waals surface area contributed by atoms with Gasteiger partial charge in [-0.2, -0.15) is 0 Å². The number of morpholine rings is 1. The lowest BCUT2D eigenvalue weighted by Gasteiger charge is -2.40. The van der Waals surface area contributed by atoms with E-state index < -0.39 is 5.60 Å². The average Bonchev–Trinajstić information content (AvgIpc) is 2.58. The Morgan fingerprint density at radius 3 is 2.67 bits per heavy atom. The first-order valence-electron chi connectivity index (χ1n) is 5.25. The van der Waals surface area contributed by atoms with E-state index in [-0.39, 0.29) is 24.2 Å². The average molecular weight is 211 g/mol. The summed E-state index contributed by atoms with van der Waals surface area (Å²) in [5.74, 6) is 0. The van der Waals surface area contributed by atoms with Crippen LogP contribution in [0.4, 0.5) is 0 Å². The third kappa shape index (κ3) is 1.30. The molecule has 0 aliphatic carbocycles. The Labute approximate surface area is 92.3 Å². The minimum absolute atomic E-state index is 0.00699. The molecule has 2 saturated heterocycles. The van der Waals surface area contributed by atoms with E-state index in [0.29, 0.717) is 6.61 Å². The fourth-order valence-corrected chi connectivity index (χ4v) is 3.04. The molecule has 2 rings (SSSR count). The predicted molar refractivity (Wildman–Crippen MR) is 57.0 cm³/mol. The Balaban J connectivity index is 2.32. The minimum Gasteiger partial charge on any atom is -0.382 e. The van der Waals surface area contributed by atoms with Gasteiger partial charge in [-0.25, -0.2) is 0 Å². The molecule has 5 heteroatoms. The molecule has 0 aromatic heterocycles. The molecule has 2 unspecified atom stereocenters. The standard InChI is InChI=1S/C10H18BNO3/c1-6-10(5-13-3)8(14-4)7(12(6)2)9(11)15-10/h6-9H,5H2,1-4H3/t6?,7-,8?,9+,10-/m0/s1. The molecule has 0 spiro atoms. The van der Waals surface area contributed by atoms with Gasteiger partial charge in [0.15, 0.2) is 0 Å². The number of hydrogen-bond donors (Lipinski definition) is 0. The molecular weight excluding hydrogens is 193 g/mol. The number of nitrogens with zero attached hydrogens (tertiary/aromatic N) is 1. The van der Waals surface area contributed by atoms with Gasteiger partial charge in [0.05, 0.1) is 12.6 Å². The first-order valence-corrected chi connectivity index (χ1v) is 5.25. The number of fused-ring (bicyclic) bond motifs is 2. The summed E-state index contributed by atoms with van der Waals surface area (Å²) in [6.45, 7) is 2.64. The van der Waals surface area contributed by atoms with E-state index in [1.807, 2.05) is 0 Å². The maximum absolute atomic E-state index is 5.95. The zero-order valence-corrected chi connectivity index (χ0v) is 9.77. The zero-order chi connectivity index (χ0) is 11.2. The summed E-state index contributed by atoms with van der Waals surface area (Å²) in [6, 6.07) is 0.0960. The lowest BCUT2D eigenvalue weighted by Crippen LogP contribution is -2.55. The molecule has 0 N–H and O–H groups in total. The molecule has 5 atom stereocenters. The number of likely N-dealkylation sites (N-methyl/N-ethyl adjacent to an activating group) is 1. The van der Waals surface area contributed by atoms with E-state index in [9.17, 15) is 0 Å². The highest BCUT2D eigenvalue weighted by Crippen LogP contribution is 2.46. The van der Waals surface area contributed by atoms with Crippen molar-refractivity contribution in [3.8, 4) is 0 Å². The van der Waals surface area contributed by atoms with Gasteiger partial charge in [-0.15, -0.1) is 0 Å². The van der Waals surface area contributed by atoms with Gasteiger partial charge in [0.1, 0.15) is 19.6 Å². The van der Waals surface area contributed by atoms with Crippen molar-refractivity contribution < 1.29 is 14.2 Å². The van der Waals surface area contributed by atoms with Gasteiger partial charge in [0.2, 0.25) is 0 Å². The van der Waals surface area contributed by atoms with E-state index in [0.717, 1.165) is 0 Å². The second-order valence-corrected chi connectivity index (χ2v) is 4.46. The maximum Gasteiger partial charge on any atom is 0.133 e. The number of ether oxygens (including phenoxy) is 3. The van der Waals surface area contributed by atoms with Gasteiger partial charge in [-0.05, 0) is 14.0 Å². The largest absolute Gasteiger partial charge is 0.382 e. The van der Waals surface area contributed by atoms with Crippen LogP contribution in [0.1, 0.15) is 6.92 Å². The fraction of sp³-hybridized carbons (Fsp3) is 1.00. The van der Waals surface area contributed by atoms with Crippen LogP contribution in [0.25, 0.3) is 0 Å². The number of hydrogen-bond acceptors (Lipinski definition) is 4. The van der Waals surface area contributed by atoms with Crippen molar-refractivity contribution in [2.24, 2.45) is 0 Å². The first kappa shape index (κ1) is 11.4. The Kier molecular flexibility index (Phi) is 2.84. The van der Waals surface area contributed by atoms with Gasteiger partial charge in [-0.3, -0.25) is 4.90 Å². The molecule has 2 aliphatic heterocycles. The van der Waals surface area contributed by atoms with Crippen molar-refractivity contribution in [1.82, 2.24) is 4.90 Å². The Morgan fingerprint density at radius 1 is 1.47 bits per heavy atom. The van der Waals surface area contributed by atoms with Crippen LogP contribution < -0.4 is 0 Å². The Morgan fingerprint density at radius 2 is 2.13 bits per heavy atom. The maximum atomic E-state index is 5.95. The number of likely N-dealkylation sites (tertiary alicyclic amines) is 1. The Bertz CT molecular complexity index is 253. The van der Waals surface area contributed by atoms with Crippen LogP contribution in [0, 0.1) is 0 Å². The fourth-order valence-electron chi connectivity index (χ4n) is 3.04. The molecule has 0 aromatic carbocycles. The highest BCUT2D eigenvalue weighted by Gasteiger charge is 2.65. The highest BCUT2D eigenvalue weighted by molar-refractivity contribution is 6.12. The molecule has 0 aromatic rings. The van der Waals surface area contributed by atoms with E-state index in [2.05, 4.69) is 18.9 Å². The quantitative estimate of drug-likeness (QED) is 0.595. The molecule has 0 amide bonds. The van der Waals surface area contributed by atoms with Crippen LogP contribution in [0.3, 0.4) is 0 Å². The molecule has 2 heterocycles. The van der Waals surface area contributed by atoms with Crippen molar-refractivity contribution in [2.75, 3.05) is 27.9 Å². The van der Waals surface area contributed by atoms with Crippen molar-refractivity contribution in [1.29, 1.82) is 0 Å². The Hall–Kier alpha value is -0.0951. The van der Waals surface area contributed by atoms with Crippen LogP contribution in [0.5, 0.6) is 0 Å². The van der Waals surface area contributed by atoms with E-state index in [4.69, 9.17) is 22.1 Å². The van der Waals surface area contributed by atoms with E-state index in [1.54, 1.807) is 14.2 Å². The lowest BCUT2D eigenvalue weighted by atomic mass is 9.90. The first-order chi connectivity index (χ1) is 7.08. The summed E-state index contributed by atoms with van der Waals surface area (Å²) >= 11 is 0. The van der Waals surface area contributed by atoms with E-state index >= 15 is 0 Å². The van der Waals surface area contributed by atoms with Crippen LogP contribution >= 0.6 is 0 Å². The van der Waals surface area contributed by atoms with Crippen LogP contribution in [-0.2, 0) is 14.2 Å². The summed E-state index contributed by atoms with van der Waals surface area (Å²) < 4.78 is 16.7. The van der Waals surface area contributed by atoms with Gasteiger partial charge in [0, 0.05) is 26.3 Å². The molecular formula is C10H18BNO3. The zero-order valence-electron chi connectivity index (χ0n) is 9.77. The normalized spacial score (nSPS) is 50.1. The van der Waals surface area contributed by atoms with Gasteiger partial charge in [0.25, 0.3) is 0 Å². The molecule has 2 bridgehead atoms. The van der Waals surface area contributed by atoms with Gasteiger partial charge < -0.3 is 14.2 Å². The summed E-state index contributed by atoms with van der Waals surface area (Å²) in [5.41, 5.74) is -0.414.